The van der Waals surface area contributed by atoms with E-state index in [-0.39, 0.29) is 18.4 Å². The minimum Gasteiger partial charge on any atom is -0.396 e. The van der Waals surface area contributed by atoms with Crippen LogP contribution in [0.4, 0.5) is 19.0 Å². The first kappa shape index (κ1) is 17.4. The number of morpholine rings is 1. The number of hydrogen-bond acceptors (Lipinski definition) is 5. The third-order valence-corrected chi connectivity index (χ3v) is 4.76. The van der Waals surface area contributed by atoms with Gasteiger partial charge in [0.05, 0.1) is 13.2 Å². The molecule has 0 saturated carbocycles. The molecule has 0 amide bonds. The van der Waals surface area contributed by atoms with Crippen molar-refractivity contribution in [1.29, 1.82) is 0 Å². The van der Waals surface area contributed by atoms with Crippen LogP contribution in [0.2, 0.25) is 0 Å². The van der Waals surface area contributed by atoms with Gasteiger partial charge < -0.3 is 14.7 Å². The molecule has 0 unspecified atom stereocenters. The SMILES string of the molecule is OC[C@H]1CN(c2cccc(C(F)(F)F)n2)C[C@H]1CN1CCOCC1. The van der Waals surface area contributed by atoms with E-state index < -0.39 is 11.9 Å². The second-order valence-electron chi connectivity index (χ2n) is 6.40. The summed E-state index contributed by atoms with van der Waals surface area (Å²) >= 11 is 0. The van der Waals surface area contributed by atoms with E-state index in [1.54, 1.807) is 6.07 Å². The molecule has 0 radical (unpaired) electrons. The van der Waals surface area contributed by atoms with E-state index >= 15 is 0 Å². The summed E-state index contributed by atoms with van der Waals surface area (Å²) in [4.78, 5) is 7.90. The Morgan fingerprint density at radius 2 is 1.88 bits per heavy atom. The van der Waals surface area contributed by atoms with Gasteiger partial charge >= 0.3 is 6.18 Å². The lowest BCUT2D eigenvalue weighted by molar-refractivity contribution is -0.141. The molecule has 0 bridgehead atoms. The molecular weight excluding hydrogens is 323 g/mol. The highest BCUT2D eigenvalue weighted by atomic mass is 19.4. The highest BCUT2D eigenvalue weighted by Crippen LogP contribution is 2.32. The van der Waals surface area contributed by atoms with E-state index in [9.17, 15) is 18.3 Å². The molecule has 2 atom stereocenters. The summed E-state index contributed by atoms with van der Waals surface area (Å²) < 4.78 is 43.9. The van der Waals surface area contributed by atoms with Crippen molar-refractivity contribution in [2.24, 2.45) is 11.8 Å². The Morgan fingerprint density at radius 3 is 2.54 bits per heavy atom. The van der Waals surface area contributed by atoms with Gasteiger partial charge in [-0.1, -0.05) is 6.07 Å². The Labute approximate surface area is 139 Å². The number of rotatable bonds is 4. The minimum absolute atomic E-state index is 0.0322. The number of hydrogen-bond donors (Lipinski definition) is 1. The highest BCUT2D eigenvalue weighted by Gasteiger charge is 2.36. The first-order chi connectivity index (χ1) is 11.5. The molecule has 0 spiro atoms. The fourth-order valence-electron chi connectivity index (χ4n) is 3.41. The van der Waals surface area contributed by atoms with Crippen molar-refractivity contribution in [2.75, 3.05) is 57.4 Å². The van der Waals surface area contributed by atoms with Crippen molar-refractivity contribution in [3.8, 4) is 0 Å². The van der Waals surface area contributed by atoms with Gasteiger partial charge in [-0.15, -0.1) is 0 Å². The van der Waals surface area contributed by atoms with Gasteiger partial charge in [-0.3, -0.25) is 4.90 Å². The molecule has 8 heteroatoms. The quantitative estimate of drug-likeness (QED) is 0.896. The van der Waals surface area contributed by atoms with Gasteiger partial charge in [0.1, 0.15) is 11.5 Å². The molecule has 1 N–H and O–H groups in total. The van der Waals surface area contributed by atoms with Crippen LogP contribution in [0.15, 0.2) is 18.2 Å². The van der Waals surface area contributed by atoms with Gasteiger partial charge in [0.15, 0.2) is 0 Å². The number of alkyl halides is 3. The lowest BCUT2D eigenvalue weighted by Gasteiger charge is -2.30. The zero-order valence-electron chi connectivity index (χ0n) is 13.4. The van der Waals surface area contributed by atoms with Crippen molar-refractivity contribution >= 4 is 5.82 Å². The predicted octanol–water partition coefficient (Wildman–Crippen LogP) is 1.48. The third-order valence-electron chi connectivity index (χ3n) is 4.76. The second kappa shape index (κ2) is 7.25. The van der Waals surface area contributed by atoms with Gasteiger partial charge in [-0.25, -0.2) is 4.98 Å². The molecule has 2 aliphatic rings. The molecule has 3 heterocycles. The van der Waals surface area contributed by atoms with Crippen molar-refractivity contribution in [3.63, 3.8) is 0 Å². The molecule has 2 aliphatic heterocycles. The van der Waals surface area contributed by atoms with Crippen LogP contribution in [-0.4, -0.2) is 67.5 Å². The number of nitrogens with zero attached hydrogens (tertiary/aromatic N) is 3. The first-order valence-corrected chi connectivity index (χ1v) is 8.17. The Hall–Kier alpha value is -1.38. The topological polar surface area (TPSA) is 48.8 Å². The minimum atomic E-state index is -4.45. The highest BCUT2D eigenvalue weighted by molar-refractivity contribution is 5.41. The molecule has 0 aliphatic carbocycles. The number of aliphatic hydroxyl groups excluding tert-OH is 1. The monoisotopic (exact) mass is 345 g/mol. The van der Waals surface area contributed by atoms with Gasteiger partial charge in [-0.05, 0) is 18.1 Å². The summed E-state index contributed by atoms with van der Waals surface area (Å²) in [6.45, 7) is 5.11. The second-order valence-corrected chi connectivity index (χ2v) is 6.40. The van der Waals surface area contributed by atoms with E-state index in [4.69, 9.17) is 4.74 Å². The van der Waals surface area contributed by atoms with Gasteiger partial charge in [0, 0.05) is 45.2 Å². The molecule has 3 rings (SSSR count). The standard InChI is InChI=1S/C16H22F3N3O2/c17-16(18,19)14-2-1-3-15(20-14)22-9-12(13(10-22)11-23)8-21-4-6-24-7-5-21/h1-3,12-13,23H,4-11H2/t12-,13-/m1/s1. The summed E-state index contributed by atoms with van der Waals surface area (Å²) in [7, 11) is 0. The number of aliphatic hydroxyl groups is 1. The molecule has 1 aromatic heterocycles. The normalized spacial score (nSPS) is 26.1. The smallest absolute Gasteiger partial charge is 0.396 e. The van der Waals surface area contributed by atoms with Crippen LogP contribution >= 0.6 is 0 Å². The van der Waals surface area contributed by atoms with Crippen molar-refractivity contribution in [3.05, 3.63) is 23.9 Å². The average molecular weight is 345 g/mol. The fraction of sp³-hybridized carbons (Fsp3) is 0.688. The maximum absolute atomic E-state index is 12.8. The summed E-state index contributed by atoms with van der Waals surface area (Å²) in [6.07, 6.45) is -4.45. The van der Waals surface area contributed by atoms with Crippen LogP contribution in [0, 0.1) is 11.8 Å². The maximum Gasteiger partial charge on any atom is 0.433 e. The zero-order chi connectivity index (χ0) is 17.2. The molecule has 24 heavy (non-hydrogen) atoms. The molecular formula is C16H22F3N3O2. The Morgan fingerprint density at radius 1 is 1.17 bits per heavy atom. The maximum atomic E-state index is 12.8. The van der Waals surface area contributed by atoms with Crippen molar-refractivity contribution in [1.82, 2.24) is 9.88 Å². The lowest BCUT2D eigenvalue weighted by atomic mass is 9.96. The van der Waals surface area contributed by atoms with Gasteiger partial charge in [0.2, 0.25) is 0 Å². The molecule has 2 fully saturated rings. The summed E-state index contributed by atoms with van der Waals surface area (Å²) in [6, 6.07) is 3.96. The average Bonchev–Trinajstić information content (AvgIpc) is 2.98. The van der Waals surface area contributed by atoms with Crippen LogP contribution in [0.1, 0.15) is 5.69 Å². The molecule has 5 nitrogen and oxygen atoms in total. The Balaban J connectivity index is 1.69. The van der Waals surface area contributed by atoms with Gasteiger partial charge in [0.25, 0.3) is 0 Å². The molecule has 2 saturated heterocycles. The first-order valence-electron chi connectivity index (χ1n) is 8.17. The molecule has 0 aromatic carbocycles. The van der Waals surface area contributed by atoms with Crippen molar-refractivity contribution < 1.29 is 23.0 Å². The van der Waals surface area contributed by atoms with Crippen molar-refractivity contribution in [2.45, 2.75) is 6.18 Å². The summed E-state index contributed by atoms with van der Waals surface area (Å²) in [5.41, 5.74) is -0.878. The van der Waals surface area contributed by atoms with E-state index in [1.165, 1.54) is 6.07 Å². The molecule has 134 valence electrons. The van der Waals surface area contributed by atoms with E-state index in [2.05, 4.69) is 9.88 Å². The van der Waals surface area contributed by atoms with Crippen LogP contribution in [0.25, 0.3) is 0 Å². The Bertz CT molecular complexity index is 550. The number of halogens is 3. The largest absolute Gasteiger partial charge is 0.433 e. The molecule has 1 aromatic rings. The number of anilines is 1. The third kappa shape index (κ3) is 3.99. The lowest BCUT2D eigenvalue weighted by Crippen LogP contribution is -2.41. The number of aromatic nitrogens is 1. The van der Waals surface area contributed by atoms with Crippen LogP contribution < -0.4 is 4.90 Å². The zero-order valence-corrected chi connectivity index (χ0v) is 13.4. The van der Waals surface area contributed by atoms with E-state index in [0.717, 1.165) is 25.7 Å². The Kier molecular flexibility index (Phi) is 5.27. The van der Waals surface area contributed by atoms with Crippen LogP contribution in [0.5, 0.6) is 0 Å². The number of pyridine rings is 1. The van der Waals surface area contributed by atoms with E-state index in [0.29, 0.717) is 32.1 Å². The summed E-state index contributed by atoms with van der Waals surface area (Å²) in [5, 5.41) is 9.64. The summed E-state index contributed by atoms with van der Waals surface area (Å²) in [5.74, 6) is 0.585. The van der Waals surface area contributed by atoms with Crippen LogP contribution in [0.3, 0.4) is 0 Å². The van der Waals surface area contributed by atoms with E-state index in [1.807, 2.05) is 4.90 Å². The van der Waals surface area contributed by atoms with Gasteiger partial charge in [-0.2, -0.15) is 13.2 Å². The fourth-order valence-corrected chi connectivity index (χ4v) is 3.41. The predicted molar refractivity (Wildman–Crippen MR) is 82.8 cm³/mol. The van der Waals surface area contributed by atoms with Crippen LogP contribution in [-0.2, 0) is 10.9 Å². The number of ether oxygens (including phenoxy) is 1.